The first-order valence-electron chi connectivity index (χ1n) is 25.8. The van der Waals surface area contributed by atoms with Crippen LogP contribution in [0, 0.1) is 15.5 Å². The third-order valence-electron chi connectivity index (χ3n) is 17.1. The molecule has 1 amide bonds. The van der Waals surface area contributed by atoms with Crippen molar-refractivity contribution in [2.24, 2.45) is 5.41 Å². The van der Waals surface area contributed by atoms with Crippen molar-refractivity contribution in [2.75, 3.05) is 74.3 Å². The van der Waals surface area contributed by atoms with Crippen LogP contribution in [0.25, 0.3) is 11.0 Å². The highest BCUT2D eigenvalue weighted by Gasteiger charge is 2.51. The van der Waals surface area contributed by atoms with Crippen molar-refractivity contribution in [1.29, 1.82) is 0 Å². The van der Waals surface area contributed by atoms with Crippen LogP contribution in [0.15, 0.2) is 77.8 Å². The summed E-state index contributed by atoms with van der Waals surface area (Å²) in [4.78, 5) is 43.7. The number of aromatic amines is 1. The third kappa shape index (κ3) is 7.93. The molecule has 13 rings (SSSR count). The first-order valence-corrected chi connectivity index (χ1v) is 27.3. The smallest absolute Gasteiger partial charge is 0.297 e. The van der Waals surface area contributed by atoms with Gasteiger partial charge in [0.1, 0.15) is 24.0 Å². The Morgan fingerprint density at radius 2 is 1.83 bits per heavy atom. The number of nitrogens with zero attached hydrogens (tertiary/aromatic N) is 6. The monoisotopic (exact) mass is 999 g/mol. The van der Waals surface area contributed by atoms with E-state index in [2.05, 4.69) is 67.8 Å². The lowest BCUT2D eigenvalue weighted by molar-refractivity contribution is -0.384. The normalized spacial score (nSPS) is 26.8. The Labute approximate surface area is 418 Å². The molecule has 1 saturated carbocycles. The number of anilines is 4. The number of ether oxygens (including phenoxy) is 4. The molecular weight excluding hydrogens is 939 g/mol. The maximum atomic E-state index is 14.8. The SMILES string of the molecule is CC(C)c1ccccc1[C@@H]1CCCN1C1CC2(CCN(c3ccc(C(=O)NS(=O)(=O)c4cc5c(c([N+](=O)[O-])c4)N[C@H](CN4C[C@@H]6C[C@H]4CO6)CO5)c(N4c5cc6cc[nH]c6nc5O[C@H]5COC[C@@H]54)c3)CC2)C1. The van der Waals surface area contributed by atoms with E-state index in [1.165, 1.54) is 42.9 Å². The van der Waals surface area contributed by atoms with Gasteiger partial charge in [0, 0.05) is 73.7 Å². The summed E-state index contributed by atoms with van der Waals surface area (Å²) in [6.07, 6.45) is 9.47. The van der Waals surface area contributed by atoms with Crippen molar-refractivity contribution < 1.29 is 37.1 Å². The molecule has 2 aromatic heterocycles. The fourth-order valence-corrected chi connectivity index (χ4v) is 14.4. The van der Waals surface area contributed by atoms with E-state index in [9.17, 15) is 23.3 Å². The molecule has 6 fully saturated rings. The van der Waals surface area contributed by atoms with Gasteiger partial charge in [-0.3, -0.25) is 24.7 Å². The number of nitrogens with one attached hydrogen (secondary N) is 3. The Morgan fingerprint density at radius 3 is 2.62 bits per heavy atom. The number of nitro benzene ring substituents is 1. The van der Waals surface area contributed by atoms with Crippen molar-refractivity contribution in [2.45, 2.75) is 112 Å². The van der Waals surface area contributed by atoms with Crippen LogP contribution < -0.4 is 29.3 Å². The van der Waals surface area contributed by atoms with Crippen LogP contribution in [-0.2, 0) is 19.5 Å². The standard InChI is InChI=1S/C53H61N9O9S/c1-31(2)39-6-3-4-7-40(39)42-8-5-15-60(42)36-23-53(24-36)12-16-58(17-13-53)34-9-10-41(43(20-34)61-45-18-32-11-14-54-50(32)56-52(45)71-48-30-68-29-46(48)61)51(63)57-72(66,67)38-21-44(62(64)65)49-47(22-38)70-27-33(55-49)25-59-26-37-19-35(59)28-69-37/h3-4,6-7,9-11,14,18,20-22,31,33,35-37,42,46,48,55H,5,8,12-13,15-17,19,23-30H2,1-2H3,(H,54,56)(H,57,63)/t33-,35+,37+,42+,46+,48+/m1/s1. The van der Waals surface area contributed by atoms with Gasteiger partial charge in [-0.15, -0.1) is 0 Å². The van der Waals surface area contributed by atoms with Crippen LogP contribution in [0.3, 0.4) is 0 Å². The molecule has 18 nitrogen and oxygen atoms in total. The molecule has 0 unspecified atom stereocenters. The minimum atomic E-state index is -4.69. The maximum absolute atomic E-state index is 14.8. The van der Waals surface area contributed by atoms with Crippen LogP contribution in [0.5, 0.6) is 11.6 Å². The Morgan fingerprint density at radius 1 is 0.986 bits per heavy atom. The van der Waals surface area contributed by atoms with E-state index in [0.29, 0.717) is 73.3 Å². The zero-order chi connectivity index (χ0) is 49.0. The number of nitro groups is 1. The van der Waals surface area contributed by atoms with E-state index in [1.54, 1.807) is 6.07 Å². The van der Waals surface area contributed by atoms with Gasteiger partial charge in [-0.05, 0) is 104 Å². The molecule has 0 radical (unpaired) electrons. The van der Waals surface area contributed by atoms with E-state index in [1.807, 2.05) is 35.4 Å². The molecule has 1 aliphatic carbocycles. The van der Waals surface area contributed by atoms with Gasteiger partial charge in [-0.1, -0.05) is 38.1 Å². The summed E-state index contributed by atoms with van der Waals surface area (Å²) >= 11 is 0. The number of hydrogen-bond donors (Lipinski definition) is 3. The Kier molecular flexibility index (Phi) is 11.2. The predicted molar refractivity (Wildman–Crippen MR) is 270 cm³/mol. The van der Waals surface area contributed by atoms with E-state index < -0.39 is 37.5 Å². The zero-order valence-corrected chi connectivity index (χ0v) is 41.4. The second-order valence-electron chi connectivity index (χ2n) is 21.7. The number of H-pyrrole nitrogens is 1. The van der Waals surface area contributed by atoms with Gasteiger partial charge < -0.3 is 39.0 Å². The molecule has 7 aliphatic heterocycles. The first kappa shape index (κ1) is 45.8. The van der Waals surface area contributed by atoms with Crippen LogP contribution in [0.4, 0.5) is 28.4 Å². The lowest BCUT2D eigenvalue weighted by atomic mass is 9.59. The highest BCUT2D eigenvalue weighted by atomic mass is 32.2. The quantitative estimate of drug-likeness (QED) is 0.0884. The third-order valence-corrected chi connectivity index (χ3v) is 18.4. The highest BCUT2D eigenvalue weighted by Crippen LogP contribution is 2.55. The lowest BCUT2D eigenvalue weighted by Gasteiger charge is -2.56. The highest BCUT2D eigenvalue weighted by molar-refractivity contribution is 7.90. The second kappa shape index (κ2) is 17.6. The molecule has 19 heteroatoms. The summed E-state index contributed by atoms with van der Waals surface area (Å²) in [5.41, 5.74) is 5.64. The van der Waals surface area contributed by atoms with Crippen molar-refractivity contribution >= 4 is 55.4 Å². The van der Waals surface area contributed by atoms with E-state index in [4.69, 9.17) is 23.9 Å². The molecule has 2 bridgehead atoms. The molecule has 5 aromatic rings. The number of pyridine rings is 1. The molecular formula is C53H61N9O9S. The fourth-order valence-electron chi connectivity index (χ4n) is 13.4. The average Bonchev–Trinajstić information content (AvgIpc) is 4.24. The molecule has 6 atom stereocenters. The van der Waals surface area contributed by atoms with Crippen LogP contribution in [0.2, 0.25) is 0 Å². The molecule has 5 saturated heterocycles. The first-order chi connectivity index (χ1) is 34.9. The number of piperidine rings is 1. The number of sulfonamides is 1. The number of carbonyl (C=O) groups excluding carboxylic acids is 1. The van der Waals surface area contributed by atoms with Gasteiger partial charge in [-0.2, -0.15) is 4.98 Å². The molecule has 378 valence electrons. The molecule has 72 heavy (non-hydrogen) atoms. The lowest BCUT2D eigenvalue weighted by Crippen LogP contribution is -2.55. The van der Waals surface area contributed by atoms with E-state index >= 15 is 0 Å². The Balaban J connectivity index is 0.778. The van der Waals surface area contributed by atoms with Crippen molar-refractivity contribution in [3.8, 4) is 11.6 Å². The number of aromatic nitrogens is 2. The van der Waals surface area contributed by atoms with E-state index in [0.717, 1.165) is 62.6 Å². The summed E-state index contributed by atoms with van der Waals surface area (Å²) in [5.74, 6) is -0.0142. The summed E-state index contributed by atoms with van der Waals surface area (Å²) < 4.78 is 55.2. The van der Waals surface area contributed by atoms with Gasteiger partial charge in [0.25, 0.3) is 21.6 Å². The number of carbonyl (C=O) groups is 1. The molecule has 9 heterocycles. The van der Waals surface area contributed by atoms with Gasteiger partial charge in [0.15, 0.2) is 11.4 Å². The Bertz CT molecular complexity index is 3080. The van der Waals surface area contributed by atoms with Gasteiger partial charge >= 0.3 is 0 Å². The Hall–Kier alpha value is -5.99. The zero-order valence-electron chi connectivity index (χ0n) is 40.6. The number of morpholine rings is 1. The van der Waals surface area contributed by atoms with E-state index in [-0.39, 0.29) is 47.2 Å². The number of rotatable bonds is 11. The molecule has 3 aromatic carbocycles. The molecule has 8 aliphatic rings. The summed E-state index contributed by atoms with van der Waals surface area (Å²) in [7, 11) is -4.69. The van der Waals surface area contributed by atoms with Gasteiger partial charge in [-0.25, -0.2) is 13.1 Å². The minimum absolute atomic E-state index is 0.0266. The fraction of sp³-hybridized carbons (Fsp3) is 0.509. The molecule has 3 N–H and O–H groups in total. The van der Waals surface area contributed by atoms with Crippen LogP contribution in [-0.4, -0.2) is 135 Å². The number of fused-ring (bicyclic) bond motifs is 6. The average molecular weight is 1000 g/mol. The number of hydrogen-bond acceptors (Lipinski definition) is 15. The number of amides is 1. The topological polar surface area (TPSA) is 197 Å². The number of benzene rings is 3. The van der Waals surface area contributed by atoms with Gasteiger partial charge in [0.05, 0.1) is 59.1 Å². The van der Waals surface area contributed by atoms with Gasteiger partial charge in [0.2, 0.25) is 5.88 Å². The number of likely N-dealkylation sites (tertiary alicyclic amines) is 2. The van der Waals surface area contributed by atoms with Crippen molar-refractivity contribution in [3.63, 3.8) is 0 Å². The second-order valence-corrected chi connectivity index (χ2v) is 23.4. The minimum Gasteiger partial charge on any atom is -0.489 e. The summed E-state index contributed by atoms with van der Waals surface area (Å²) in [5, 5.41) is 16.7. The predicted octanol–water partition coefficient (Wildman–Crippen LogP) is 7.24. The largest absolute Gasteiger partial charge is 0.489 e. The van der Waals surface area contributed by atoms with Crippen molar-refractivity contribution in [1.82, 2.24) is 24.5 Å². The van der Waals surface area contributed by atoms with Crippen molar-refractivity contribution in [3.05, 3.63) is 99.7 Å². The molecule has 1 spiro atoms. The summed E-state index contributed by atoms with van der Waals surface area (Å²) in [6, 6.07) is 21.4. The van der Waals surface area contributed by atoms with Crippen LogP contribution >= 0.6 is 0 Å². The maximum Gasteiger partial charge on any atom is 0.297 e. The van der Waals surface area contributed by atoms with Crippen LogP contribution in [0.1, 0.15) is 92.2 Å². The summed E-state index contributed by atoms with van der Waals surface area (Å²) in [6.45, 7) is 10.2.